The minimum Gasteiger partial charge on any atom is -0.391 e. The standard InChI is InChI=1S/C15H19FN2O3/c1-10(2)13(19)9-17-14(20)7-8-15(21)18-12-5-3-11(16)4-6-12/h3-8,10,13,19H,9H2,1-2H3,(H,17,20)(H,18,21)/b8-7+. The number of benzene rings is 1. The molecule has 0 saturated heterocycles. The number of aliphatic hydroxyl groups is 1. The second kappa shape index (κ2) is 8.16. The Balaban J connectivity index is 2.39. The van der Waals surface area contributed by atoms with E-state index in [2.05, 4.69) is 10.6 Å². The Kier molecular flexibility index (Phi) is 6.55. The number of nitrogens with one attached hydrogen (secondary N) is 2. The molecular weight excluding hydrogens is 275 g/mol. The molecule has 1 rings (SSSR count). The Morgan fingerprint density at radius 3 is 2.33 bits per heavy atom. The van der Waals surface area contributed by atoms with E-state index in [0.29, 0.717) is 5.69 Å². The van der Waals surface area contributed by atoms with Crippen LogP contribution < -0.4 is 10.6 Å². The highest BCUT2D eigenvalue weighted by atomic mass is 19.1. The number of aliphatic hydroxyl groups excluding tert-OH is 1. The number of halogens is 1. The van der Waals surface area contributed by atoms with Crippen LogP contribution in [0.3, 0.4) is 0 Å². The summed E-state index contributed by atoms with van der Waals surface area (Å²) in [4.78, 5) is 23.0. The molecule has 0 heterocycles. The van der Waals surface area contributed by atoms with Gasteiger partial charge in [0.25, 0.3) is 0 Å². The lowest BCUT2D eigenvalue weighted by Gasteiger charge is -2.13. The van der Waals surface area contributed by atoms with Crippen LogP contribution in [0.4, 0.5) is 10.1 Å². The topological polar surface area (TPSA) is 78.4 Å². The number of carbonyl (C=O) groups excluding carboxylic acids is 2. The molecule has 0 aliphatic carbocycles. The summed E-state index contributed by atoms with van der Waals surface area (Å²) in [6.45, 7) is 3.80. The monoisotopic (exact) mass is 294 g/mol. The van der Waals surface area contributed by atoms with Crippen LogP contribution in [-0.4, -0.2) is 29.6 Å². The third kappa shape index (κ3) is 6.67. The molecule has 2 amide bonds. The second-order valence-electron chi connectivity index (χ2n) is 4.89. The third-order valence-corrected chi connectivity index (χ3v) is 2.75. The van der Waals surface area contributed by atoms with Gasteiger partial charge < -0.3 is 15.7 Å². The molecule has 1 aromatic carbocycles. The summed E-state index contributed by atoms with van der Waals surface area (Å²) in [5, 5.41) is 14.5. The third-order valence-electron chi connectivity index (χ3n) is 2.75. The van der Waals surface area contributed by atoms with Crippen LogP contribution in [0.25, 0.3) is 0 Å². The molecule has 0 bridgehead atoms. The molecule has 0 aliphatic heterocycles. The van der Waals surface area contributed by atoms with Crippen molar-refractivity contribution in [3.63, 3.8) is 0 Å². The van der Waals surface area contributed by atoms with E-state index >= 15 is 0 Å². The zero-order valence-electron chi connectivity index (χ0n) is 12.0. The van der Waals surface area contributed by atoms with Gasteiger partial charge >= 0.3 is 0 Å². The largest absolute Gasteiger partial charge is 0.391 e. The summed E-state index contributed by atoms with van der Waals surface area (Å²) in [5.41, 5.74) is 0.432. The summed E-state index contributed by atoms with van der Waals surface area (Å²) in [6, 6.07) is 5.28. The van der Waals surface area contributed by atoms with Gasteiger partial charge in [0, 0.05) is 24.4 Å². The van der Waals surface area contributed by atoms with E-state index in [1.165, 1.54) is 24.3 Å². The Morgan fingerprint density at radius 1 is 1.19 bits per heavy atom. The maximum Gasteiger partial charge on any atom is 0.248 e. The first-order valence-corrected chi connectivity index (χ1v) is 6.59. The van der Waals surface area contributed by atoms with Crippen molar-refractivity contribution >= 4 is 17.5 Å². The SMILES string of the molecule is CC(C)C(O)CNC(=O)/C=C/C(=O)Nc1ccc(F)cc1. The first-order chi connectivity index (χ1) is 9.88. The first-order valence-electron chi connectivity index (χ1n) is 6.59. The number of amides is 2. The van der Waals surface area contributed by atoms with E-state index < -0.39 is 23.7 Å². The summed E-state index contributed by atoms with van der Waals surface area (Å²) in [6.07, 6.45) is 1.52. The molecule has 0 aromatic heterocycles. The predicted octanol–water partition coefficient (Wildman–Crippen LogP) is 1.45. The van der Waals surface area contributed by atoms with Crippen molar-refractivity contribution in [3.05, 3.63) is 42.2 Å². The predicted molar refractivity (Wildman–Crippen MR) is 78.0 cm³/mol. The molecule has 3 N–H and O–H groups in total. The van der Waals surface area contributed by atoms with E-state index in [0.717, 1.165) is 12.2 Å². The lowest BCUT2D eigenvalue weighted by atomic mass is 10.1. The fraction of sp³-hybridized carbons (Fsp3) is 0.333. The van der Waals surface area contributed by atoms with E-state index in [1.807, 2.05) is 13.8 Å². The number of anilines is 1. The van der Waals surface area contributed by atoms with Gasteiger partial charge in [-0.05, 0) is 30.2 Å². The zero-order valence-corrected chi connectivity index (χ0v) is 12.0. The van der Waals surface area contributed by atoms with E-state index in [1.54, 1.807) is 0 Å². The van der Waals surface area contributed by atoms with Crippen LogP contribution in [0, 0.1) is 11.7 Å². The van der Waals surface area contributed by atoms with Crippen molar-refractivity contribution in [2.75, 3.05) is 11.9 Å². The number of carbonyl (C=O) groups is 2. The lowest BCUT2D eigenvalue weighted by molar-refractivity contribution is -0.117. The molecule has 0 radical (unpaired) electrons. The molecule has 0 spiro atoms. The number of hydrogen-bond donors (Lipinski definition) is 3. The van der Waals surface area contributed by atoms with Crippen molar-refractivity contribution in [2.45, 2.75) is 20.0 Å². The zero-order chi connectivity index (χ0) is 15.8. The average Bonchev–Trinajstić information content (AvgIpc) is 2.44. The van der Waals surface area contributed by atoms with Crippen LogP contribution in [0.5, 0.6) is 0 Å². The number of rotatable bonds is 6. The molecule has 0 saturated carbocycles. The van der Waals surface area contributed by atoms with Crippen LogP contribution in [0.1, 0.15) is 13.8 Å². The minimum absolute atomic E-state index is 0.0380. The molecule has 0 aliphatic rings. The quantitative estimate of drug-likeness (QED) is 0.695. The van der Waals surface area contributed by atoms with E-state index in [9.17, 15) is 19.1 Å². The normalized spacial score (nSPS) is 12.4. The molecule has 21 heavy (non-hydrogen) atoms. The molecular formula is C15H19FN2O3. The van der Waals surface area contributed by atoms with Gasteiger partial charge in [-0.15, -0.1) is 0 Å². The highest BCUT2D eigenvalue weighted by Gasteiger charge is 2.09. The maximum absolute atomic E-state index is 12.7. The van der Waals surface area contributed by atoms with E-state index in [-0.39, 0.29) is 12.5 Å². The highest BCUT2D eigenvalue weighted by molar-refractivity contribution is 6.03. The molecule has 1 unspecified atom stereocenters. The summed E-state index contributed by atoms with van der Waals surface area (Å²) < 4.78 is 12.7. The Hall–Kier alpha value is -2.21. The van der Waals surface area contributed by atoms with Gasteiger partial charge in [0.15, 0.2) is 0 Å². The van der Waals surface area contributed by atoms with Gasteiger partial charge in [-0.1, -0.05) is 13.8 Å². The maximum atomic E-state index is 12.7. The molecule has 5 nitrogen and oxygen atoms in total. The van der Waals surface area contributed by atoms with Crippen LogP contribution in [0.2, 0.25) is 0 Å². The Morgan fingerprint density at radius 2 is 1.76 bits per heavy atom. The van der Waals surface area contributed by atoms with Gasteiger partial charge in [-0.3, -0.25) is 9.59 Å². The fourth-order valence-electron chi connectivity index (χ4n) is 1.37. The van der Waals surface area contributed by atoms with E-state index in [4.69, 9.17) is 0 Å². The van der Waals surface area contributed by atoms with Gasteiger partial charge in [-0.2, -0.15) is 0 Å². The van der Waals surface area contributed by atoms with Gasteiger partial charge in [-0.25, -0.2) is 4.39 Å². The van der Waals surface area contributed by atoms with Gasteiger partial charge in [0.2, 0.25) is 11.8 Å². The van der Waals surface area contributed by atoms with Crippen molar-refractivity contribution in [2.24, 2.45) is 5.92 Å². The number of hydrogen-bond acceptors (Lipinski definition) is 3. The smallest absolute Gasteiger partial charge is 0.248 e. The van der Waals surface area contributed by atoms with Crippen LogP contribution in [-0.2, 0) is 9.59 Å². The molecule has 1 atom stereocenters. The van der Waals surface area contributed by atoms with Crippen LogP contribution >= 0.6 is 0 Å². The molecule has 1 aromatic rings. The van der Waals surface area contributed by atoms with Crippen LogP contribution in [0.15, 0.2) is 36.4 Å². The van der Waals surface area contributed by atoms with Gasteiger partial charge in [0.1, 0.15) is 5.82 Å². The average molecular weight is 294 g/mol. The fourth-order valence-corrected chi connectivity index (χ4v) is 1.37. The highest BCUT2D eigenvalue weighted by Crippen LogP contribution is 2.07. The van der Waals surface area contributed by atoms with Crippen molar-refractivity contribution in [3.8, 4) is 0 Å². The molecule has 0 fully saturated rings. The first kappa shape index (κ1) is 16.8. The Bertz CT molecular complexity index is 512. The molecule has 6 heteroatoms. The summed E-state index contributed by atoms with van der Waals surface area (Å²) in [5.74, 6) is -1.33. The Labute approximate surface area is 122 Å². The van der Waals surface area contributed by atoms with Crippen molar-refractivity contribution in [1.29, 1.82) is 0 Å². The van der Waals surface area contributed by atoms with Gasteiger partial charge in [0.05, 0.1) is 6.10 Å². The summed E-state index contributed by atoms with van der Waals surface area (Å²) in [7, 11) is 0. The minimum atomic E-state index is -0.629. The summed E-state index contributed by atoms with van der Waals surface area (Å²) >= 11 is 0. The van der Waals surface area contributed by atoms with Crippen molar-refractivity contribution < 1.29 is 19.1 Å². The second-order valence-corrected chi connectivity index (χ2v) is 4.89. The lowest BCUT2D eigenvalue weighted by Crippen LogP contribution is -2.33. The molecule has 114 valence electrons. The van der Waals surface area contributed by atoms with Crippen molar-refractivity contribution in [1.82, 2.24) is 5.32 Å².